The van der Waals surface area contributed by atoms with Crippen molar-refractivity contribution in [3.05, 3.63) is 77.6 Å². The van der Waals surface area contributed by atoms with Crippen molar-refractivity contribution >= 4 is 35.1 Å². The first kappa shape index (κ1) is 22.6. The molecule has 3 rings (SSSR count). The van der Waals surface area contributed by atoms with E-state index in [2.05, 4.69) is 47.0 Å². The van der Waals surface area contributed by atoms with E-state index in [0.29, 0.717) is 17.5 Å². The molecule has 2 atom stereocenters. The molecule has 0 saturated heterocycles. The Morgan fingerprint density at radius 2 is 1.74 bits per heavy atom. The van der Waals surface area contributed by atoms with Gasteiger partial charge in [0.15, 0.2) is 5.82 Å². The molecule has 162 valence electrons. The lowest BCUT2D eigenvalue weighted by Gasteiger charge is -2.13. The molecular formula is C24H27N3O3S. The van der Waals surface area contributed by atoms with E-state index in [1.807, 2.05) is 30.3 Å². The largest absolute Gasteiger partial charge is 0.360 e. The summed E-state index contributed by atoms with van der Waals surface area (Å²) in [7, 11) is 0. The Bertz CT molecular complexity index is 1000. The van der Waals surface area contributed by atoms with Crippen LogP contribution >= 0.6 is 11.8 Å². The van der Waals surface area contributed by atoms with Crippen molar-refractivity contribution in [3.8, 4) is 0 Å². The zero-order chi connectivity index (χ0) is 22.2. The second-order valence-electron chi connectivity index (χ2n) is 7.53. The molecule has 2 aromatic carbocycles. The summed E-state index contributed by atoms with van der Waals surface area (Å²) in [4.78, 5) is 24.4. The maximum atomic E-state index is 12.3. The molecule has 0 saturated carbocycles. The van der Waals surface area contributed by atoms with Crippen molar-refractivity contribution < 1.29 is 14.1 Å². The van der Waals surface area contributed by atoms with Gasteiger partial charge in [-0.3, -0.25) is 9.59 Å². The Balaban J connectivity index is 1.43. The lowest BCUT2D eigenvalue weighted by atomic mass is 9.94. The normalized spacial score (nSPS) is 12.7. The lowest BCUT2D eigenvalue weighted by Crippen LogP contribution is -2.25. The summed E-state index contributed by atoms with van der Waals surface area (Å²) in [5.74, 6) is 1.23. The molecule has 0 aliphatic heterocycles. The van der Waals surface area contributed by atoms with E-state index in [9.17, 15) is 9.59 Å². The van der Waals surface area contributed by atoms with Gasteiger partial charge in [0, 0.05) is 11.8 Å². The van der Waals surface area contributed by atoms with Gasteiger partial charge in [-0.2, -0.15) is 0 Å². The van der Waals surface area contributed by atoms with E-state index in [4.69, 9.17) is 4.52 Å². The fraction of sp³-hybridized carbons (Fsp3) is 0.292. The van der Waals surface area contributed by atoms with E-state index in [1.165, 1.54) is 22.9 Å². The molecular weight excluding hydrogens is 410 g/mol. The SMILES string of the molecule is Cc1cc(NC(=O)C(C)SCC(=O)Nc2ccc(CC(C)c3ccccc3)cc2)no1. The Hall–Kier alpha value is -3.06. The summed E-state index contributed by atoms with van der Waals surface area (Å²) >= 11 is 1.26. The molecule has 0 fully saturated rings. The van der Waals surface area contributed by atoms with E-state index >= 15 is 0 Å². The zero-order valence-corrected chi connectivity index (χ0v) is 18.7. The number of rotatable bonds is 9. The molecule has 2 unspecified atom stereocenters. The molecule has 1 aromatic heterocycles. The third-order valence-electron chi connectivity index (χ3n) is 4.86. The van der Waals surface area contributed by atoms with Crippen LogP contribution in [0.4, 0.5) is 11.5 Å². The summed E-state index contributed by atoms with van der Waals surface area (Å²) < 4.78 is 4.93. The van der Waals surface area contributed by atoms with Crippen molar-refractivity contribution in [2.24, 2.45) is 0 Å². The molecule has 0 aliphatic rings. The predicted molar refractivity (Wildman–Crippen MR) is 125 cm³/mol. The maximum Gasteiger partial charge on any atom is 0.238 e. The quantitative estimate of drug-likeness (QED) is 0.491. The van der Waals surface area contributed by atoms with Gasteiger partial charge in [-0.15, -0.1) is 11.8 Å². The average molecular weight is 438 g/mol. The molecule has 0 radical (unpaired) electrons. The number of aromatic nitrogens is 1. The Morgan fingerprint density at radius 1 is 1.03 bits per heavy atom. The summed E-state index contributed by atoms with van der Waals surface area (Å²) in [5, 5.41) is 8.89. The number of carbonyl (C=O) groups is 2. The Morgan fingerprint density at radius 3 is 2.39 bits per heavy atom. The van der Waals surface area contributed by atoms with Gasteiger partial charge in [-0.05, 0) is 49.4 Å². The summed E-state index contributed by atoms with van der Waals surface area (Å²) in [6.07, 6.45) is 0.936. The molecule has 1 heterocycles. The molecule has 31 heavy (non-hydrogen) atoms. The number of nitrogens with zero attached hydrogens (tertiary/aromatic N) is 1. The number of benzene rings is 2. The third kappa shape index (κ3) is 7.00. The van der Waals surface area contributed by atoms with Gasteiger partial charge in [0.05, 0.1) is 11.0 Å². The van der Waals surface area contributed by atoms with Crippen molar-refractivity contribution in [1.29, 1.82) is 0 Å². The van der Waals surface area contributed by atoms with Gasteiger partial charge >= 0.3 is 0 Å². The summed E-state index contributed by atoms with van der Waals surface area (Å²) in [6.45, 7) is 5.72. The fourth-order valence-corrected chi connectivity index (χ4v) is 3.79. The first-order valence-corrected chi connectivity index (χ1v) is 11.2. The summed E-state index contributed by atoms with van der Waals surface area (Å²) in [6, 6.07) is 20.0. The number of thioether (sulfide) groups is 1. The predicted octanol–water partition coefficient (Wildman–Crippen LogP) is 5.03. The monoisotopic (exact) mass is 437 g/mol. The van der Waals surface area contributed by atoms with Gasteiger partial charge in [-0.1, -0.05) is 54.5 Å². The van der Waals surface area contributed by atoms with Gasteiger partial charge in [-0.25, -0.2) is 0 Å². The van der Waals surface area contributed by atoms with Crippen LogP contribution in [0.2, 0.25) is 0 Å². The highest BCUT2D eigenvalue weighted by Gasteiger charge is 2.17. The number of amides is 2. The van der Waals surface area contributed by atoms with Crippen molar-refractivity contribution in [2.75, 3.05) is 16.4 Å². The third-order valence-corrected chi connectivity index (χ3v) is 6.00. The van der Waals surface area contributed by atoms with E-state index in [1.54, 1.807) is 19.9 Å². The summed E-state index contributed by atoms with van der Waals surface area (Å²) in [5.41, 5.74) is 3.28. The average Bonchev–Trinajstić information content (AvgIpc) is 3.18. The number of carbonyl (C=O) groups excluding carboxylic acids is 2. The topological polar surface area (TPSA) is 84.2 Å². The van der Waals surface area contributed by atoms with Crippen molar-refractivity contribution in [2.45, 2.75) is 38.4 Å². The van der Waals surface area contributed by atoms with Crippen LogP contribution in [0, 0.1) is 6.92 Å². The van der Waals surface area contributed by atoms with E-state index < -0.39 is 5.25 Å². The Kier molecular flexibility index (Phi) is 7.89. The maximum absolute atomic E-state index is 12.3. The van der Waals surface area contributed by atoms with Crippen LogP contribution in [0.15, 0.2) is 65.2 Å². The smallest absolute Gasteiger partial charge is 0.238 e. The Labute approximate surface area is 186 Å². The minimum Gasteiger partial charge on any atom is -0.360 e. The van der Waals surface area contributed by atoms with Crippen LogP contribution in [-0.2, 0) is 16.0 Å². The molecule has 0 spiro atoms. The first-order chi connectivity index (χ1) is 14.9. The van der Waals surface area contributed by atoms with Crippen molar-refractivity contribution in [3.63, 3.8) is 0 Å². The molecule has 7 heteroatoms. The lowest BCUT2D eigenvalue weighted by molar-refractivity contribution is -0.115. The number of aryl methyl sites for hydroxylation is 1. The zero-order valence-electron chi connectivity index (χ0n) is 17.9. The minimum atomic E-state index is -0.399. The van der Waals surface area contributed by atoms with Gasteiger partial charge in [0.25, 0.3) is 0 Å². The number of hydrogen-bond acceptors (Lipinski definition) is 5. The first-order valence-electron chi connectivity index (χ1n) is 10.2. The van der Waals surface area contributed by atoms with E-state index in [-0.39, 0.29) is 17.6 Å². The van der Waals surface area contributed by atoms with Crippen LogP contribution in [0.3, 0.4) is 0 Å². The molecule has 2 N–H and O–H groups in total. The second kappa shape index (κ2) is 10.8. The molecule has 0 bridgehead atoms. The fourth-order valence-electron chi connectivity index (χ4n) is 3.10. The highest BCUT2D eigenvalue weighted by Crippen LogP contribution is 2.21. The standard InChI is InChI=1S/C24H27N3O3S/c1-16(20-7-5-4-6-8-20)13-19-9-11-21(12-10-19)25-23(28)15-31-18(3)24(29)26-22-14-17(2)30-27-22/h4-12,14,16,18H,13,15H2,1-3H3,(H,25,28)(H,26,27,29). The number of hydrogen-bond donors (Lipinski definition) is 2. The van der Waals surface area contributed by atoms with E-state index in [0.717, 1.165) is 12.1 Å². The van der Waals surface area contributed by atoms with Gasteiger partial charge in [0.1, 0.15) is 5.76 Å². The second-order valence-corrected chi connectivity index (χ2v) is 8.86. The van der Waals surface area contributed by atoms with Crippen LogP contribution in [0.25, 0.3) is 0 Å². The highest BCUT2D eigenvalue weighted by atomic mass is 32.2. The number of anilines is 2. The highest BCUT2D eigenvalue weighted by molar-refractivity contribution is 8.01. The van der Waals surface area contributed by atoms with Crippen molar-refractivity contribution in [1.82, 2.24) is 5.16 Å². The van der Waals surface area contributed by atoms with Crippen LogP contribution in [0.1, 0.15) is 36.7 Å². The van der Waals surface area contributed by atoms with Crippen LogP contribution in [-0.4, -0.2) is 28.0 Å². The molecule has 0 aliphatic carbocycles. The van der Waals surface area contributed by atoms with Gasteiger partial charge in [0.2, 0.25) is 11.8 Å². The molecule has 6 nitrogen and oxygen atoms in total. The number of nitrogens with one attached hydrogen (secondary N) is 2. The van der Waals surface area contributed by atoms with Gasteiger partial charge < -0.3 is 15.2 Å². The van der Waals surface area contributed by atoms with Crippen LogP contribution < -0.4 is 10.6 Å². The molecule has 3 aromatic rings. The van der Waals surface area contributed by atoms with Crippen LogP contribution in [0.5, 0.6) is 0 Å². The molecule has 2 amide bonds. The minimum absolute atomic E-state index is 0.146.